The van der Waals surface area contributed by atoms with Gasteiger partial charge in [0.05, 0.1) is 35.7 Å². The molecule has 178 valence electrons. The molecular formula is C23H19F4N3O3S. The Morgan fingerprint density at radius 1 is 1.35 bits per heavy atom. The molecule has 0 saturated heterocycles. The molecule has 6 nitrogen and oxygen atoms in total. The second-order valence-electron chi connectivity index (χ2n) is 7.76. The number of ether oxygens (including phenoxy) is 1. The summed E-state index contributed by atoms with van der Waals surface area (Å²) in [5.74, 6) is -3.17. The van der Waals surface area contributed by atoms with Crippen LogP contribution in [-0.2, 0) is 17.9 Å². The molecule has 1 aromatic carbocycles. The number of allylic oxidation sites excluding steroid dienone is 4. The maximum Gasteiger partial charge on any atom is 0.395 e. The van der Waals surface area contributed by atoms with Crippen molar-refractivity contribution in [2.75, 3.05) is 0 Å². The highest BCUT2D eigenvalue weighted by molar-refractivity contribution is 7.12. The number of alkyl halides is 3. The predicted octanol–water partition coefficient (Wildman–Crippen LogP) is 5.60. The van der Waals surface area contributed by atoms with Gasteiger partial charge in [-0.25, -0.2) is 14.2 Å². The Hall–Kier alpha value is -3.47. The quantitative estimate of drug-likeness (QED) is 0.434. The molecule has 0 amide bonds. The molecule has 34 heavy (non-hydrogen) atoms. The van der Waals surface area contributed by atoms with E-state index in [1.54, 1.807) is 13.0 Å². The first-order valence-corrected chi connectivity index (χ1v) is 11.0. The van der Waals surface area contributed by atoms with Crippen molar-refractivity contribution in [2.45, 2.75) is 32.7 Å². The second kappa shape index (κ2) is 9.41. The van der Waals surface area contributed by atoms with Gasteiger partial charge in [-0.3, -0.25) is 4.68 Å². The van der Waals surface area contributed by atoms with Crippen molar-refractivity contribution >= 4 is 22.9 Å². The number of hydrogen-bond acceptors (Lipinski definition) is 5. The summed E-state index contributed by atoms with van der Waals surface area (Å²) >= 11 is 1.23. The van der Waals surface area contributed by atoms with E-state index in [0.717, 1.165) is 11.0 Å². The molecular weight excluding hydrogens is 474 g/mol. The summed E-state index contributed by atoms with van der Waals surface area (Å²) in [6, 6.07) is 5.68. The van der Waals surface area contributed by atoms with Crippen LogP contribution in [0.25, 0.3) is 5.57 Å². The van der Waals surface area contributed by atoms with E-state index in [1.165, 1.54) is 52.7 Å². The number of halogens is 4. The number of aromatic nitrogens is 3. The maximum atomic E-state index is 13.6. The Labute approximate surface area is 195 Å². The van der Waals surface area contributed by atoms with Gasteiger partial charge in [-0.15, -0.1) is 11.3 Å². The van der Waals surface area contributed by atoms with E-state index >= 15 is 0 Å². The summed E-state index contributed by atoms with van der Waals surface area (Å²) in [7, 11) is 0. The lowest BCUT2D eigenvalue weighted by atomic mass is 9.94. The molecule has 0 spiro atoms. The minimum atomic E-state index is -4.47. The predicted molar refractivity (Wildman–Crippen MR) is 117 cm³/mol. The first-order chi connectivity index (χ1) is 16.1. The summed E-state index contributed by atoms with van der Waals surface area (Å²) in [4.78, 5) is 16.3. The van der Waals surface area contributed by atoms with Crippen LogP contribution in [0.15, 0.2) is 54.6 Å². The van der Waals surface area contributed by atoms with Crippen molar-refractivity contribution in [1.82, 2.24) is 14.8 Å². The maximum absolute atomic E-state index is 13.6. The van der Waals surface area contributed by atoms with Crippen LogP contribution >= 0.6 is 11.3 Å². The van der Waals surface area contributed by atoms with E-state index < -0.39 is 23.9 Å². The van der Waals surface area contributed by atoms with Crippen LogP contribution in [0, 0.1) is 18.7 Å². The molecule has 1 aliphatic carbocycles. The SMILES string of the molecule is Cc1sc(C2=CC(C(F)(F)F)CC(OCc3cccc(F)c3)=C2)nc1Cn1cc(C(=O)O)cn1. The van der Waals surface area contributed by atoms with Crippen LogP contribution in [0.2, 0.25) is 0 Å². The Bertz CT molecular complexity index is 1280. The lowest BCUT2D eigenvalue weighted by Crippen LogP contribution is -2.24. The third kappa shape index (κ3) is 5.53. The molecule has 0 bridgehead atoms. The van der Waals surface area contributed by atoms with Crippen LogP contribution in [0.4, 0.5) is 17.6 Å². The van der Waals surface area contributed by atoms with Gasteiger partial charge in [0, 0.05) is 23.1 Å². The topological polar surface area (TPSA) is 77.2 Å². The number of aromatic carboxylic acids is 1. The number of aryl methyl sites for hydroxylation is 1. The molecule has 1 N–H and O–H groups in total. The number of carbonyl (C=O) groups is 1. The summed E-state index contributed by atoms with van der Waals surface area (Å²) < 4.78 is 61.2. The van der Waals surface area contributed by atoms with Crippen LogP contribution in [0.1, 0.15) is 37.9 Å². The molecule has 4 rings (SSSR count). The zero-order valence-electron chi connectivity index (χ0n) is 17.8. The fraction of sp³-hybridized carbons (Fsp3) is 0.261. The van der Waals surface area contributed by atoms with E-state index in [9.17, 15) is 22.4 Å². The summed E-state index contributed by atoms with van der Waals surface area (Å²) in [6.07, 6.45) is 0.412. The number of nitrogens with zero attached hydrogens (tertiary/aromatic N) is 3. The third-order valence-electron chi connectivity index (χ3n) is 5.18. The number of benzene rings is 1. The van der Waals surface area contributed by atoms with Crippen LogP contribution in [0.3, 0.4) is 0 Å². The fourth-order valence-corrected chi connectivity index (χ4v) is 4.35. The largest absolute Gasteiger partial charge is 0.493 e. The minimum Gasteiger partial charge on any atom is -0.493 e. The lowest BCUT2D eigenvalue weighted by molar-refractivity contribution is -0.162. The molecule has 1 unspecified atom stereocenters. The highest BCUT2D eigenvalue weighted by atomic mass is 32.1. The number of thiazole rings is 1. The van der Waals surface area contributed by atoms with Gasteiger partial charge in [0.2, 0.25) is 0 Å². The zero-order chi connectivity index (χ0) is 24.5. The average Bonchev–Trinajstić information content (AvgIpc) is 3.39. The molecule has 2 heterocycles. The van der Waals surface area contributed by atoms with Crippen molar-refractivity contribution in [2.24, 2.45) is 5.92 Å². The summed E-state index contributed by atoms with van der Waals surface area (Å²) in [5, 5.41) is 13.4. The van der Waals surface area contributed by atoms with Gasteiger partial charge in [0.15, 0.2) is 0 Å². The molecule has 1 aliphatic rings. The average molecular weight is 493 g/mol. The highest BCUT2D eigenvalue weighted by Gasteiger charge is 2.40. The normalized spacial score (nSPS) is 16.2. The molecule has 0 aliphatic heterocycles. The number of rotatable bonds is 7. The third-order valence-corrected chi connectivity index (χ3v) is 6.25. The molecule has 3 aromatic rings. The Kier molecular flexibility index (Phi) is 6.56. The standard InChI is InChI=1S/C23H19F4N3O3S/c1-13-20(11-30-10-16(9-28-30)22(31)32)29-21(34-13)15-6-17(23(25,26)27)8-19(7-15)33-12-14-3-2-4-18(24)5-14/h2-7,9-10,17H,8,11-12H2,1H3,(H,31,32). The van der Waals surface area contributed by atoms with Crippen molar-refractivity contribution in [1.29, 1.82) is 0 Å². The second-order valence-corrected chi connectivity index (χ2v) is 8.96. The van der Waals surface area contributed by atoms with Gasteiger partial charge in [-0.1, -0.05) is 18.2 Å². The van der Waals surface area contributed by atoms with Gasteiger partial charge in [-0.2, -0.15) is 18.3 Å². The smallest absolute Gasteiger partial charge is 0.395 e. The lowest BCUT2D eigenvalue weighted by Gasteiger charge is -2.23. The van der Waals surface area contributed by atoms with Crippen LogP contribution < -0.4 is 0 Å². The molecule has 0 radical (unpaired) electrons. The van der Waals surface area contributed by atoms with Gasteiger partial charge >= 0.3 is 12.1 Å². The van der Waals surface area contributed by atoms with Gasteiger partial charge in [0.25, 0.3) is 0 Å². The highest BCUT2D eigenvalue weighted by Crippen LogP contribution is 2.40. The van der Waals surface area contributed by atoms with Crippen molar-refractivity contribution < 1.29 is 32.2 Å². The number of carboxylic acids is 1. The first-order valence-electron chi connectivity index (χ1n) is 10.2. The fourth-order valence-electron chi connectivity index (χ4n) is 3.43. The van der Waals surface area contributed by atoms with Crippen molar-refractivity contribution in [3.8, 4) is 0 Å². The van der Waals surface area contributed by atoms with Gasteiger partial charge in [0.1, 0.15) is 17.4 Å². The Balaban J connectivity index is 1.57. The zero-order valence-corrected chi connectivity index (χ0v) is 18.7. The Morgan fingerprint density at radius 2 is 2.15 bits per heavy atom. The van der Waals surface area contributed by atoms with E-state index in [1.807, 2.05) is 0 Å². The van der Waals surface area contributed by atoms with E-state index in [-0.39, 0.29) is 36.5 Å². The molecule has 0 fully saturated rings. The summed E-state index contributed by atoms with van der Waals surface area (Å²) in [5.41, 5.74) is 1.39. The van der Waals surface area contributed by atoms with Crippen LogP contribution in [0.5, 0.6) is 0 Å². The van der Waals surface area contributed by atoms with Gasteiger partial charge in [-0.05, 0) is 30.7 Å². The van der Waals surface area contributed by atoms with Crippen LogP contribution in [-0.4, -0.2) is 32.0 Å². The molecule has 2 aromatic heterocycles. The number of carboxylic acid groups (broad SMARTS) is 1. The molecule has 11 heteroatoms. The van der Waals surface area contributed by atoms with Crippen molar-refractivity contribution in [3.05, 3.63) is 87.1 Å². The van der Waals surface area contributed by atoms with E-state index in [2.05, 4.69) is 10.1 Å². The Morgan fingerprint density at radius 3 is 2.82 bits per heavy atom. The van der Waals surface area contributed by atoms with E-state index in [4.69, 9.17) is 9.84 Å². The summed E-state index contributed by atoms with van der Waals surface area (Å²) in [6.45, 7) is 1.90. The van der Waals surface area contributed by atoms with Gasteiger partial charge < -0.3 is 9.84 Å². The first kappa shape index (κ1) is 23.7. The van der Waals surface area contributed by atoms with E-state index in [0.29, 0.717) is 16.3 Å². The molecule has 1 atom stereocenters. The monoisotopic (exact) mass is 493 g/mol. The number of hydrogen-bond donors (Lipinski definition) is 1. The minimum absolute atomic E-state index is 0.0270. The van der Waals surface area contributed by atoms with Crippen molar-refractivity contribution in [3.63, 3.8) is 0 Å². The molecule has 0 saturated carbocycles.